The predicted molar refractivity (Wildman–Crippen MR) is 74.9 cm³/mol. The highest BCUT2D eigenvalue weighted by Crippen LogP contribution is 2.28. The quantitative estimate of drug-likeness (QED) is 0.644. The maximum absolute atomic E-state index is 11.7. The fourth-order valence-electron chi connectivity index (χ4n) is 2.04. The molecule has 20 heavy (non-hydrogen) atoms. The molecule has 2 heterocycles. The van der Waals surface area contributed by atoms with Crippen LogP contribution in [0.25, 0.3) is 0 Å². The summed E-state index contributed by atoms with van der Waals surface area (Å²) in [4.78, 5) is 29.9. The summed E-state index contributed by atoms with van der Waals surface area (Å²) in [5, 5.41) is 14.1. The van der Waals surface area contributed by atoms with E-state index in [0.29, 0.717) is 25.5 Å². The molecule has 1 aliphatic heterocycles. The van der Waals surface area contributed by atoms with Crippen molar-refractivity contribution in [2.45, 2.75) is 6.92 Å². The molecule has 0 aromatic carbocycles. The molecule has 1 aromatic heterocycles. The van der Waals surface area contributed by atoms with E-state index in [1.807, 2.05) is 6.92 Å². The molecular weight excluding hydrogens is 262 g/mol. The standard InChI is InChI=1S/C12H17N5O3/c1-3-13-10-5-4-9(17(19)20)12(14-10)16-7-6-15(2)11(18)8-16/h4-5H,3,6-8H2,1-2H3,(H,13,14). The summed E-state index contributed by atoms with van der Waals surface area (Å²) < 4.78 is 0. The maximum atomic E-state index is 11.7. The molecule has 1 fully saturated rings. The van der Waals surface area contributed by atoms with Crippen molar-refractivity contribution in [2.75, 3.05) is 43.4 Å². The average molecular weight is 279 g/mol. The van der Waals surface area contributed by atoms with Gasteiger partial charge >= 0.3 is 5.69 Å². The summed E-state index contributed by atoms with van der Waals surface area (Å²) in [6, 6.07) is 2.99. The lowest BCUT2D eigenvalue weighted by Gasteiger charge is -2.32. The number of carbonyl (C=O) groups is 1. The van der Waals surface area contributed by atoms with Gasteiger partial charge in [0.05, 0.1) is 11.5 Å². The van der Waals surface area contributed by atoms with Crippen LogP contribution in [0, 0.1) is 10.1 Å². The van der Waals surface area contributed by atoms with Crippen LogP contribution >= 0.6 is 0 Å². The van der Waals surface area contributed by atoms with Gasteiger partial charge in [-0.1, -0.05) is 0 Å². The zero-order chi connectivity index (χ0) is 14.7. The molecule has 1 aliphatic rings. The lowest BCUT2D eigenvalue weighted by atomic mass is 10.3. The molecule has 2 rings (SSSR count). The van der Waals surface area contributed by atoms with Crippen molar-refractivity contribution in [3.63, 3.8) is 0 Å². The number of amides is 1. The first-order valence-corrected chi connectivity index (χ1v) is 6.41. The number of nitrogens with zero attached hydrogens (tertiary/aromatic N) is 4. The molecule has 8 heteroatoms. The number of pyridine rings is 1. The molecule has 0 spiro atoms. The van der Waals surface area contributed by atoms with Crippen molar-refractivity contribution >= 4 is 23.2 Å². The monoisotopic (exact) mass is 279 g/mol. The van der Waals surface area contributed by atoms with E-state index in [2.05, 4.69) is 10.3 Å². The first-order chi connectivity index (χ1) is 9.52. The van der Waals surface area contributed by atoms with Gasteiger partial charge < -0.3 is 15.1 Å². The Bertz CT molecular complexity index is 534. The molecule has 0 saturated carbocycles. The van der Waals surface area contributed by atoms with E-state index in [1.54, 1.807) is 22.9 Å². The second-order valence-electron chi connectivity index (χ2n) is 4.56. The molecule has 0 unspecified atom stereocenters. The van der Waals surface area contributed by atoms with Gasteiger partial charge in [-0.25, -0.2) is 4.98 Å². The van der Waals surface area contributed by atoms with E-state index in [4.69, 9.17) is 0 Å². The molecular formula is C12H17N5O3. The molecule has 108 valence electrons. The summed E-state index contributed by atoms with van der Waals surface area (Å²) >= 11 is 0. The van der Waals surface area contributed by atoms with E-state index in [9.17, 15) is 14.9 Å². The number of aromatic nitrogens is 1. The van der Waals surface area contributed by atoms with Gasteiger partial charge in [-0.05, 0) is 13.0 Å². The third-order valence-corrected chi connectivity index (χ3v) is 3.17. The van der Waals surface area contributed by atoms with Crippen LogP contribution in [0.4, 0.5) is 17.3 Å². The summed E-state index contributed by atoms with van der Waals surface area (Å²) in [5.41, 5.74) is -0.0796. The SMILES string of the molecule is CCNc1ccc([N+](=O)[O-])c(N2CCN(C)C(=O)C2)n1. The van der Waals surface area contributed by atoms with Crippen LogP contribution < -0.4 is 10.2 Å². The Morgan fingerprint density at radius 1 is 1.45 bits per heavy atom. The Balaban J connectivity index is 2.34. The number of hydrogen-bond donors (Lipinski definition) is 1. The minimum atomic E-state index is -0.471. The van der Waals surface area contributed by atoms with E-state index in [0.717, 1.165) is 0 Å². The molecule has 0 aliphatic carbocycles. The van der Waals surface area contributed by atoms with Gasteiger partial charge in [0.1, 0.15) is 5.82 Å². The third kappa shape index (κ3) is 2.79. The van der Waals surface area contributed by atoms with Gasteiger partial charge in [0.2, 0.25) is 11.7 Å². The Labute approximate surface area is 116 Å². The number of hydrogen-bond acceptors (Lipinski definition) is 6. The molecule has 0 atom stereocenters. The van der Waals surface area contributed by atoms with Crippen LogP contribution in [0.3, 0.4) is 0 Å². The highest BCUT2D eigenvalue weighted by molar-refractivity contribution is 5.83. The van der Waals surface area contributed by atoms with Crippen molar-refractivity contribution < 1.29 is 9.72 Å². The Hall–Kier alpha value is -2.38. The number of nitro groups is 1. The number of nitrogens with one attached hydrogen (secondary N) is 1. The summed E-state index contributed by atoms with van der Waals surface area (Å²) in [6.45, 7) is 3.77. The largest absolute Gasteiger partial charge is 0.370 e. The summed E-state index contributed by atoms with van der Waals surface area (Å²) in [7, 11) is 1.72. The van der Waals surface area contributed by atoms with Crippen molar-refractivity contribution in [3.05, 3.63) is 22.2 Å². The van der Waals surface area contributed by atoms with Crippen LogP contribution in [-0.4, -0.2) is 53.9 Å². The smallest absolute Gasteiger partial charge is 0.311 e. The number of carbonyl (C=O) groups excluding carboxylic acids is 1. The minimum Gasteiger partial charge on any atom is -0.370 e. The molecule has 1 N–H and O–H groups in total. The second kappa shape index (κ2) is 5.72. The second-order valence-corrected chi connectivity index (χ2v) is 4.56. The maximum Gasteiger partial charge on any atom is 0.311 e. The number of piperazine rings is 1. The summed E-state index contributed by atoms with van der Waals surface area (Å²) in [5.74, 6) is 0.746. The number of likely N-dealkylation sites (N-methyl/N-ethyl adjacent to an activating group) is 1. The fourth-order valence-corrected chi connectivity index (χ4v) is 2.04. The Morgan fingerprint density at radius 3 is 2.80 bits per heavy atom. The minimum absolute atomic E-state index is 0.0683. The first kappa shape index (κ1) is 14.0. The van der Waals surface area contributed by atoms with Crippen LogP contribution in [0.5, 0.6) is 0 Å². The predicted octanol–water partition coefficient (Wildman–Crippen LogP) is 0.700. The highest BCUT2D eigenvalue weighted by atomic mass is 16.6. The fraction of sp³-hybridized carbons (Fsp3) is 0.500. The highest BCUT2D eigenvalue weighted by Gasteiger charge is 2.28. The van der Waals surface area contributed by atoms with Crippen molar-refractivity contribution in [1.82, 2.24) is 9.88 Å². The van der Waals surface area contributed by atoms with Gasteiger partial charge in [0.25, 0.3) is 0 Å². The zero-order valence-corrected chi connectivity index (χ0v) is 11.5. The Morgan fingerprint density at radius 2 is 2.20 bits per heavy atom. The van der Waals surface area contributed by atoms with Crippen LogP contribution in [-0.2, 0) is 4.79 Å². The summed E-state index contributed by atoms with van der Waals surface area (Å²) in [6.07, 6.45) is 0. The lowest BCUT2D eigenvalue weighted by Crippen LogP contribution is -2.49. The molecule has 1 saturated heterocycles. The van der Waals surface area contributed by atoms with E-state index >= 15 is 0 Å². The van der Waals surface area contributed by atoms with E-state index < -0.39 is 4.92 Å². The Kier molecular flexibility index (Phi) is 4.02. The van der Waals surface area contributed by atoms with Crippen LogP contribution in [0.2, 0.25) is 0 Å². The number of anilines is 2. The molecule has 0 bridgehead atoms. The zero-order valence-electron chi connectivity index (χ0n) is 11.5. The van der Waals surface area contributed by atoms with Gasteiger partial charge in [-0.3, -0.25) is 14.9 Å². The first-order valence-electron chi connectivity index (χ1n) is 6.41. The number of rotatable bonds is 4. The van der Waals surface area contributed by atoms with E-state index in [-0.39, 0.29) is 24.0 Å². The topological polar surface area (TPSA) is 91.6 Å². The van der Waals surface area contributed by atoms with Crippen molar-refractivity contribution in [3.8, 4) is 0 Å². The van der Waals surface area contributed by atoms with Gasteiger partial charge in [0, 0.05) is 32.7 Å². The van der Waals surface area contributed by atoms with Gasteiger partial charge in [-0.15, -0.1) is 0 Å². The molecule has 8 nitrogen and oxygen atoms in total. The van der Waals surface area contributed by atoms with Gasteiger partial charge in [-0.2, -0.15) is 0 Å². The van der Waals surface area contributed by atoms with Crippen LogP contribution in [0.15, 0.2) is 12.1 Å². The van der Waals surface area contributed by atoms with Crippen LogP contribution in [0.1, 0.15) is 6.92 Å². The van der Waals surface area contributed by atoms with Crippen molar-refractivity contribution in [1.29, 1.82) is 0 Å². The van der Waals surface area contributed by atoms with Gasteiger partial charge in [0.15, 0.2) is 0 Å². The lowest BCUT2D eigenvalue weighted by molar-refractivity contribution is -0.384. The molecule has 1 amide bonds. The normalized spacial score (nSPS) is 15.4. The average Bonchev–Trinajstić information content (AvgIpc) is 2.42. The van der Waals surface area contributed by atoms with E-state index in [1.165, 1.54) is 6.07 Å². The third-order valence-electron chi connectivity index (χ3n) is 3.17. The molecule has 1 aromatic rings. The molecule has 0 radical (unpaired) electrons. The van der Waals surface area contributed by atoms with Crippen molar-refractivity contribution in [2.24, 2.45) is 0 Å².